The molecule has 1 rings (SSSR count). The Hall–Kier alpha value is -0.610. The fourth-order valence-electron chi connectivity index (χ4n) is 1.27. The van der Waals surface area contributed by atoms with Crippen LogP contribution in [0, 0.1) is 0 Å². The summed E-state index contributed by atoms with van der Waals surface area (Å²) in [6.07, 6.45) is 1.11. The van der Waals surface area contributed by atoms with Gasteiger partial charge >= 0.3 is 0 Å². The zero-order chi connectivity index (χ0) is 8.27. The summed E-state index contributed by atoms with van der Waals surface area (Å²) in [5, 5.41) is 8.48. The smallest absolute Gasteiger partial charge is 0.224 e. The van der Waals surface area contributed by atoms with Gasteiger partial charge in [-0.25, -0.2) is 0 Å². The number of aliphatic hydroxyl groups is 1. The van der Waals surface area contributed by atoms with Gasteiger partial charge in [-0.1, -0.05) is 0 Å². The van der Waals surface area contributed by atoms with Gasteiger partial charge in [0.15, 0.2) is 0 Å². The van der Waals surface area contributed by atoms with E-state index in [2.05, 4.69) is 0 Å². The summed E-state index contributed by atoms with van der Waals surface area (Å²) in [6.45, 7) is 1.34. The average molecular weight is 158 g/mol. The Labute approximate surface area is 66.0 Å². The van der Waals surface area contributed by atoms with Crippen molar-refractivity contribution in [2.75, 3.05) is 19.7 Å². The molecule has 1 aliphatic heterocycles. The van der Waals surface area contributed by atoms with Gasteiger partial charge in [-0.2, -0.15) is 0 Å². The van der Waals surface area contributed by atoms with Gasteiger partial charge in [0.05, 0.1) is 6.61 Å². The lowest BCUT2D eigenvalue weighted by molar-refractivity contribution is -0.130. The normalized spacial score (nSPS) is 24.2. The molecule has 0 radical (unpaired) electrons. The molecular weight excluding hydrogens is 144 g/mol. The minimum absolute atomic E-state index is 0.0143. The van der Waals surface area contributed by atoms with Crippen LogP contribution in [0.15, 0.2) is 0 Å². The molecule has 3 N–H and O–H groups in total. The molecule has 1 unspecified atom stereocenters. The number of carbonyl (C=O) groups excluding carboxylic acids is 1. The molecule has 1 fully saturated rings. The number of amides is 1. The number of likely N-dealkylation sites (tertiary alicyclic amines) is 1. The molecule has 4 nitrogen and oxygen atoms in total. The van der Waals surface area contributed by atoms with Crippen molar-refractivity contribution in [2.45, 2.75) is 18.9 Å². The van der Waals surface area contributed by atoms with Gasteiger partial charge in [-0.3, -0.25) is 4.79 Å². The highest BCUT2D eigenvalue weighted by atomic mass is 16.3. The lowest BCUT2D eigenvalue weighted by atomic mass is 10.3. The van der Waals surface area contributed by atoms with E-state index < -0.39 is 0 Å². The van der Waals surface area contributed by atoms with Crippen LogP contribution in [-0.4, -0.2) is 41.7 Å². The molecule has 0 aliphatic carbocycles. The Morgan fingerprint density at radius 2 is 2.45 bits per heavy atom. The number of carbonyl (C=O) groups is 1. The summed E-state index contributed by atoms with van der Waals surface area (Å²) in [4.78, 5) is 12.8. The van der Waals surface area contributed by atoms with Crippen LogP contribution in [-0.2, 0) is 4.79 Å². The van der Waals surface area contributed by atoms with E-state index in [0.717, 1.165) is 13.0 Å². The van der Waals surface area contributed by atoms with E-state index in [9.17, 15) is 4.79 Å². The minimum atomic E-state index is -0.0649. The number of aliphatic hydroxyl groups excluding tert-OH is 1. The summed E-state index contributed by atoms with van der Waals surface area (Å²) in [5.41, 5.74) is 5.60. The predicted octanol–water partition coefficient (Wildman–Crippen LogP) is -1.07. The van der Waals surface area contributed by atoms with Gasteiger partial charge < -0.3 is 15.7 Å². The highest BCUT2D eigenvalue weighted by molar-refractivity contribution is 5.76. The lowest BCUT2D eigenvalue weighted by Gasteiger charge is -2.14. The molecule has 0 bridgehead atoms. The van der Waals surface area contributed by atoms with Crippen molar-refractivity contribution in [2.24, 2.45) is 5.73 Å². The summed E-state index contributed by atoms with van der Waals surface area (Å²) in [5.74, 6) is 0.0143. The maximum absolute atomic E-state index is 11.1. The number of nitrogens with zero attached hydrogens (tertiary/aromatic N) is 1. The third kappa shape index (κ3) is 2.17. The van der Waals surface area contributed by atoms with Crippen molar-refractivity contribution in [1.82, 2.24) is 4.90 Å². The molecular formula is C7H14N2O2. The van der Waals surface area contributed by atoms with Crippen LogP contribution < -0.4 is 5.73 Å². The standard InChI is InChI=1S/C7H14N2O2/c8-6-1-3-9(5-6)7(11)2-4-10/h6,10H,1-5,8H2. The maximum Gasteiger partial charge on any atom is 0.224 e. The second-order valence-electron chi connectivity index (χ2n) is 2.86. The largest absolute Gasteiger partial charge is 0.396 e. The van der Waals surface area contributed by atoms with Crippen LogP contribution in [0.2, 0.25) is 0 Å². The molecule has 0 aromatic heterocycles. The maximum atomic E-state index is 11.1. The molecule has 1 atom stereocenters. The summed E-state index contributed by atoms with van der Waals surface area (Å²) >= 11 is 0. The van der Waals surface area contributed by atoms with E-state index >= 15 is 0 Å². The molecule has 1 aliphatic rings. The predicted molar refractivity (Wildman–Crippen MR) is 40.9 cm³/mol. The third-order valence-electron chi connectivity index (χ3n) is 1.90. The Kier molecular flexibility index (Phi) is 2.84. The van der Waals surface area contributed by atoms with Gasteiger partial charge in [-0.15, -0.1) is 0 Å². The second kappa shape index (κ2) is 3.69. The first-order valence-corrected chi connectivity index (χ1v) is 3.88. The van der Waals surface area contributed by atoms with Crippen LogP contribution in [0.1, 0.15) is 12.8 Å². The average Bonchev–Trinajstić information content (AvgIpc) is 2.36. The first-order valence-electron chi connectivity index (χ1n) is 3.88. The molecule has 0 aromatic carbocycles. The third-order valence-corrected chi connectivity index (χ3v) is 1.90. The van der Waals surface area contributed by atoms with E-state index in [1.54, 1.807) is 4.90 Å². The van der Waals surface area contributed by atoms with Gasteiger partial charge in [0.2, 0.25) is 5.91 Å². The Bertz CT molecular complexity index is 149. The lowest BCUT2D eigenvalue weighted by Crippen LogP contribution is -2.32. The zero-order valence-corrected chi connectivity index (χ0v) is 6.49. The first-order chi connectivity index (χ1) is 5.24. The van der Waals surface area contributed by atoms with Crippen molar-refractivity contribution < 1.29 is 9.90 Å². The second-order valence-corrected chi connectivity index (χ2v) is 2.86. The number of nitrogens with two attached hydrogens (primary N) is 1. The van der Waals surface area contributed by atoms with E-state index in [0.29, 0.717) is 6.54 Å². The van der Waals surface area contributed by atoms with Crippen molar-refractivity contribution in [3.8, 4) is 0 Å². The summed E-state index contributed by atoms with van der Waals surface area (Å²) in [7, 11) is 0. The molecule has 1 heterocycles. The van der Waals surface area contributed by atoms with Crippen LogP contribution in [0.25, 0.3) is 0 Å². The quantitative estimate of drug-likeness (QED) is 0.537. The van der Waals surface area contributed by atoms with Gasteiger partial charge in [0, 0.05) is 25.6 Å². The fourth-order valence-corrected chi connectivity index (χ4v) is 1.27. The van der Waals surface area contributed by atoms with Crippen LogP contribution >= 0.6 is 0 Å². The topological polar surface area (TPSA) is 66.6 Å². The Morgan fingerprint density at radius 1 is 1.73 bits per heavy atom. The van der Waals surface area contributed by atoms with Crippen molar-refractivity contribution >= 4 is 5.91 Å². The van der Waals surface area contributed by atoms with Crippen molar-refractivity contribution in [3.63, 3.8) is 0 Å². The van der Waals surface area contributed by atoms with Gasteiger partial charge in [-0.05, 0) is 6.42 Å². The van der Waals surface area contributed by atoms with E-state index in [4.69, 9.17) is 10.8 Å². The fraction of sp³-hybridized carbons (Fsp3) is 0.857. The molecule has 1 amide bonds. The van der Waals surface area contributed by atoms with Crippen LogP contribution in [0.3, 0.4) is 0 Å². The molecule has 0 spiro atoms. The SMILES string of the molecule is NC1CCN(C(=O)CCO)C1. The molecule has 11 heavy (non-hydrogen) atoms. The van der Waals surface area contributed by atoms with Crippen molar-refractivity contribution in [1.29, 1.82) is 0 Å². The zero-order valence-electron chi connectivity index (χ0n) is 6.49. The molecule has 1 saturated heterocycles. The highest BCUT2D eigenvalue weighted by Gasteiger charge is 2.22. The summed E-state index contributed by atoms with van der Waals surface area (Å²) < 4.78 is 0. The van der Waals surface area contributed by atoms with Crippen LogP contribution in [0.5, 0.6) is 0 Å². The van der Waals surface area contributed by atoms with Crippen LogP contribution in [0.4, 0.5) is 0 Å². The molecule has 64 valence electrons. The molecule has 4 heteroatoms. The molecule has 0 aromatic rings. The number of hydrogen-bond donors (Lipinski definition) is 2. The first kappa shape index (κ1) is 8.49. The minimum Gasteiger partial charge on any atom is -0.396 e. The number of hydrogen-bond acceptors (Lipinski definition) is 3. The van der Waals surface area contributed by atoms with Gasteiger partial charge in [0.25, 0.3) is 0 Å². The Balaban J connectivity index is 2.31. The van der Waals surface area contributed by atoms with E-state index in [1.807, 2.05) is 0 Å². The van der Waals surface area contributed by atoms with E-state index in [-0.39, 0.29) is 25.0 Å². The number of rotatable bonds is 2. The molecule has 0 saturated carbocycles. The van der Waals surface area contributed by atoms with Gasteiger partial charge in [0.1, 0.15) is 0 Å². The highest BCUT2D eigenvalue weighted by Crippen LogP contribution is 2.07. The monoisotopic (exact) mass is 158 g/mol. The summed E-state index contributed by atoms with van der Waals surface area (Å²) in [6, 6.07) is 0.137. The van der Waals surface area contributed by atoms with Crippen molar-refractivity contribution in [3.05, 3.63) is 0 Å². The van der Waals surface area contributed by atoms with E-state index in [1.165, 1.54) is 0 Å². The Morgan fingerprint density at radius 3 is 2.91 bits per heavy atom.